The molecule has 1 aliphatic rings. The van der Waals surface area contributed by atoms with Crippen molar-refractivity contribution in [1.82, 2.24) is 4.90 Å². The number of hydrogen-bond donors (Lipinski definition) is 2. The maximum Gasteiger partial charge on any atom is 0.326 e. The Morgan fingerprint density at radius 1 is 1.29 bits per heavy atom. The van der Waals surface area contributed by atoms with Crippen LogP contribution in [-0.2, 0) is 4.79 Å². The van der Waals surface area contributed by atoms with Gasteiger partial charge < -0.3 is 15.3 Å². The van der Waals surface area contributed by atoms with Gasteiger partial charge in [-0.05, 0) is 47.3 Å². The number of aliphatic carboxylic acids is 1. The zero-order valence-electron chi connectivity index (χ0n) is 10.9. The molecular formula is C13H13BrCl2N2O3. The highest BCUT2D eigenvalue weighted by Crippen LogP contribution is 2.36. The van der Waals surface area contributed by atoms with E-state index in [1.54, 1.807) is 12.1 Å². The Bertz CT molecular complexity index is 583. The molecule has 1 unspecified atom stereocenters. The molecule has 0 spiro atoms. The molecule has 0 bridgehead atoms. The van der Waals surface area contributed by atoms with E-state index in [0.717, 1.165) is 12.8 Å². The Balaban J connectivity index is 2.17. The van der Waals surface area contributed by atoms with Crippen molar-refractivity contribution in [2.75, 3.05) is 11.9 Å². The van der Waals surface area contributed by atoms with E-state index < -0.39 is 18.0 Å². The Morgan fingerprint density at radius 3 is 2.67 bits per heavy atom. The molecule has 1 saturated heterocycles. The maximum absolute atomic E-state index is 12.3. The van der Waals surface area contributed by atoms with Gasteiger partial charge in [0.15, 0.2) is 0 Å². The van der Waals surface area contributed by atoms with E-state index >= 15 is 0 Å². The number of benzene rings is 1. The van der Waals surface area contributed by atoms with Crippen LogP contribution >= 0.6 is 39.1 Å². The van der Waals surface area contributed by atoms with Gasteiger partial charge in [-0.3, -0.25) is 0 Å². The number of piperidine rings is 1. The highest BCUT2D eigenvalue weighted by Gasteiger charge is 2.32. The topological polar surface area (TPSA) is 69.6 Å². The van der Waals surface area contributed by atoms with Crippen LogP contribution in [0.1, 0.15) is 19.3 Å². The van der Waals surface area contributed by atoms with Gasteiger partial charge in [0.1, 0.15) is 6.04 Å². The molecule has 8 heteroatoms. The van der Waals surface area contributed by atoms with E-state index in [1.807, 2.05) is 0 Å². The molecule has 1 atom stereocenters. The summed E-state index contributed by atoms with van der Waals surface area (Å²) in [5, 5.41) is 12.3. The maximum atomic E-state index is 12.3. The number of nitrogens with zero attached hydrogens (tertiary/aromatic N) is 1. The lowest BCUT2D eigenvalue weighted by Gasteiger charge is -2.33. The third-order valence-electron chi connectivity index (χ3n) is 3.33. The number of likely N-dealkylation sites (tertiary alicyclic amines) is 1. The van der Waals surface area contributed by atoms with Gasteiger partial charge in [0.2, 0.25) is 0 Å². The number of carboxylic acids is 1. The van der Waals surface area contributed by atoms with Gasteiger partial charge >= 0.3 is 12.0 Å². The molecular weight excluding hydrogens is 383 g/mol. The Labute approximate surface area is 140 Å². The lowest BCUT2D eigenvalue weighted by atomic mass is 10.0. The summed E-state index contributed by atoms with van der Waals surface area (Å²) in [4.78, 5) is 24.8. The quantitative estimate of drug-likeness (QED) is 0.736. The average Bonchev–Trinajstić information content (AvgIpc) is 2.47. The number of halogens is 3. The fourth-order valence-corrected chi connectivity index (χ4v) is 3.06. The number of carboxylic acid groups (broad SMARTS) is 1. The zero-order chi connectivity index (χ0) is 15.6. The van der Waals surface area contributed by atoms with Gasteiger partial charge in [0, 0.05) is 11.0 Å². The number of urea groups is 1. The molecule has 0 saturated carbocycles. The lowest BCUT2D eigenvalue weighted by molar-refractivity contribution is -0.143. The zero-order valence-corrected chi connectivity index (χ0v) is 14.0. The number of carbonyl (C=O) groups is 2. The van der Waals surface area contributed by atoms with E-state index in [9.17, 15) is 14.7 Å². The summed E-state index contributed by atoms with van der Waals surface area (Å²) in [6.07, 6.45) is 2.04. The number of anilines is 1. The first-order valence-corrected chi connectivity index (χ1v) is 7.90. The van der Waals surface area contributed by atoms with Crippen LogP contribution in [0.25, 0.3) is 0 Å². The molecule has 1 aromatic carbocycles. The van der Waals surface area contributed by atoms with Crippen molar-refractivity contribution in [2.45, 2.75) is 25.3 Å². The molecule has 0 aromatic heterocycles. The molecule has 0 aliphatic carbocycles. The van der Waals surface area contributed by atoms with Crippen molar-refractivity contribution >= 4 is 56.8 Å². The fourth-order valence-electron chi connectivity index (χ4n) is 2.24. The van der Waals surface area contributed by atoms with Crippen LogP contribution in [0.15, 0.2) is 16.6 Å². The van der Waals surface area contributed by atoms with Crippen LogP contribution in [0.2, 0.25) is 10.0 Å². The molecule has 1 aliphatic heterocycles. The minimum atomic E-state index is -0.996. The minimum Gasteiger partial charge on any atom is -0.480 e. The van der Waals surface area contributed by atoms with Gasteiger partial charge in [-0.1, -0.05) is 23.2 Å². The lowest BCUT2D eigenvalue weighted by Crippen LogP contribution is -2.49. The van der Waals surface area contributed by atoms with E-state index in [4.69, 9.17) is 23.2 Å². The number of amides is 2. The van der Waals surface area contributed by atoms with Crippen LogP contribution < -0.4 is 5.32 Å². The smallest absolute Gasteiger partial charge is 0.326 e. The molecule has 114 valence electrons. The van der Waals surface area contributed by atoms with Crippen molar-refractivity contribution in [1.29, 1.82) is 0 Å². The molecule has 1 heterocycles. The van der Waals surface area contributed by atoms with Gasteiger partial charge in [0.25, 0.3) is 0 Å². The van der Waals surface area contributed by atoms with Crippen molar-refractivity contribution in [3.8, 4) is 0 Å². The Hall–Kier alpha value is -0.980. The summed E-state index contributed by atoms with van der Waals surface area (Å²) < 4.78 is 0.619. The molecule has 1 aromatic rings. The van der Waals surface area contributed by atoms with Crippen LogP contribution in [0, 0.1) is 0 Å². The average molecular weight is 396 g/mol. The predicted octanol–water partition coefficient (Wildman–Crippen LogP) is 4.23. The van der Waals surface area contributed by atoms with Crippen LogP contribution in [0.3, 0.4) is 0 Å². The SMILES string of the molecule is O=C(O)C1CCCCN1C(=O)Nc1ccc(Br)c(Cl)c1Cl. The van der Waals surface area contributed by atoms with E-state index in [-0.39, 0.29) is 5.02 Å². The molecule has 2 N–H and O–H groups in total. The summed E-state index contributed by atoms with van der Waals surface area (Å²) in [6.45, 7) is 0.407. The van der Waals surface area contributed by atoms with E-state index in [2.05, 4.69) is 21.2 Å². The third-order valence-corrected chi connectivity index (χ3v) is 5.10. The highest BCUT2D eigenvalue weighted by atomic mass is 79.9. The number of nitrogens with one attached hydrogen (secondary N) is 1. The molecule has 1 fully saturated rings. The summed E-state index contributed by atoms with van der Waals surface area (Å²) in [7, 11) is 0. The summed E-state index contributed by atoms with van der Waals surface area (Å²) in [5.41, 5.74) is 0.351. The van der Waals surface area contributed by atoms with Crippen molar-refractivity contribution in [3.63, 3.8) is 0 Å². The fraction of sp³-hybridized carbons (Fsp3) is 0.385. The Kier molecular flexibility index (Phi) is 5.35. The largest absolute Gasteiger partial charge is 0.480 e. The first kappa shape index (κ1) is 16.4. The summed E-state index contributed by atoms with van der Waals surface area (Å²) in [6, 6.07) is 1.98. The molecule has 5 nitrogen and oxygen atoms in total. The number of carbonyl (C=O) groups excluding carboxylic acids is 1. The summed E-state index contributed by atoms with van der Waals surface area (Å²) >= 11 is 15.3. The van der Waals surface area contributed by atoms with Gasteiger partial charge in [-0.15, -0.1) is 0 Å². The summed E-state index contributed by atoms with van der Waals surface area (Å²) in [5.74, 6) is -0.996. The number of rotatable bonds is 2. The molecule has 0 radical (unpaired) electrons. The van der Waals surface area contributed by atoms with Crippen LogP contribution in [-0.4, -0.2) is 34.6 Å². The normalized spacial score (nSPS) is 18.4. The van der Waals surface area contributed by atoms with Gasteiger partial charge in [-0.2, -0.15) is 0 Å². The second-order valence-corrected chi connectivity index (χ2v) is 6.31. The first-order chi connectivity index (χ1) is 9.91. The molecule has 2 rings (SSSR count). The minimum absolute atomic E-state index is 0.211. The van der Waals surface area contributed by atoms with E-state index in [1.165, 1.54) is 4.90 Å². The van der Waals surface area contributed by atoms with E-state index in [0.29, 0.717) is 28.1 Å². The first-order valence-electron chi connectivity index (χ1n) is 6.35. The second kappa shape index (κ2) is 6.85. The monoisotopic (exact) mass is 394 g/mol. The standard InChI is InChI=1S/C13H13BrCl2N2O3/c14-7-4-5-8(11(16)10(7)15)17-13(21)18-6-2-1-3-9(18)12(19)20/h4-5,9H,1-3,6H2,(H,17,21)(H,19,20). The van der Waals surface area contributed by atoms with Crippen molar-refractivity contribution < 1.29 is 14.7 Å². The van der Waals surface area contributed by atoms with Crippen LogP contribution in [0.5, 0.6) is 0 Å². The van der Waals surface area contributed by atoms with Crippen molar-refractivity contribution in [3.05, 3.63) is 26.7 Å². The second-order valence-electron chi connectivity index (χ2n) is 4.70. The predicted molar refractivity (Wildman–Crippen MR) is 85.2 cm³/mol. The Morgan fingerprint density at radius 2 is 2.00 bits per heavy atom. The van der Waals surface area contributed by atoms with Crippen molar-refractivity contribution in [2.24, 2.45) is 0 Å². The van der Waals surface area contributed by atoms with Crippen LogP contribution in [0.4, 0.5) is 10.5 Å². The van der Waals surface area contributed by atoms with Gasteiger partial charge in [0.05, 0.1) is 15.7 Å². The van der Waals surface area contributed by atoms with Gasteiger partial charge in [-0.25, -0.2) is 9.59 Å². The number of hydrogen-bond acceptors (Lipinski definition) is 2. The third kappa shape index (κ3) is 3.62. The highest BCUT2D eigenvalue weighted by molar-refractivity contribution is 9.10. The molecule has 2 amide bonds. The molecule has 21 heavy (non-hydrogen) atoms.